The van der Waals surface area contributed by atoms with Crippen molar-refractivity contribution in [3.63, 3.8) is 0 Å². The second kappa shape index (κ2) is 4.92. The average molecular weight is 307 g/mol. The molecule has 0 spiro atoms. The number of aromatic nitrogens is 5. The lowest BCUT2D eigenvalue weighted by molar-refractivity contribution is 0.901. The van der Waals surface area contributed by atoms with E-state index in [2.05, 4.69) is 31.7 Å². The average Bonchev–Trinajstić information content (AvgIpc) is 3.12. The number of fused-ring (bicyclic) bond motifs is 1. The van der Waals surface area contributed by atoms with Gasteiger partial charge in [-0.25, -0.2) is 4.98 Å². The zero-order valence-electron chi connectivity index (χ0n) is 11.9. The fourth-order valence-corrected chi connectivity index (χ4v) is 2.68. The summed E-state index contributed by atoms with van der Waals surface area (Å²) < 4.78 is 4.52. The Labute approximate surface area is 131 Å². The van der Waals surface area contributed by atoms with Gasteiger partial charge in [0.2, 0.25) is 0 Å². The molecule has 0 amide bonds. The molecule has 5 nitrogen and oxygen atoms in total. The highest BCUT2D eigenvalue weighted by Gasteiger charge is 2.10. The van der Waals surface area contributed by atoms with Crippen LogP contribution in [0.5, 0.6) is 0 Å². The molecular weight excluding hydrogens is 294 g/mol. The summed E-state index contributed by atoms with van der Waals surface area (Å²) in [6.45, 7) is 0. The molecule has 0 saturated carbocycles. The maximum absolute atomic E-state index is 5.16. The summed E-state index contributed by atoms with van der Waals surface area (Å²) >= 11 is 5.16. The second-order valence-corrected chi connectivity index (χ2v) is 5.45. The molecule has 3 heterocycles. The Bertz CT molecular complexity index is 1010. The lowest BCUT2D eigenvalue weighted by atomic mass is 10.2. The molecule has 108 valence electrons. The zero-order valence-corrected chi connectivity index (χ0v) is 12.7. The van der Waals surface area contributed by atoms with Crippen molar-refractivity contribution < 1.29 is 0 Å². The molecule has 0 atom stereocenters. The Hall–Kier alpha value is -2.73. The predicted molar refractivity (Wildman–Crippen MR) is 88.0 cm³/mol. The van der Waals surface area contributed by atoms with Gasteiger partial charge >= 0.3 is 0 Å². The molecule has 4 aromatic rings. The summed E-state index contributed by atoms with van der Waals surface area (Å²) in [6, 6.07) is 14.2. The minimum atomic E-state index is 0.600. The number of nitrogens with one attached hydrogen (secondary N) is 1. The SMILES string of the molecule is Cn1c(-c2ccn3c(-c4ccccc4)cnc3c2)n[nH]c1=S. The third-order valence-corrected chi connectivity index (χ3v) is 4.09. The summed E-state index contributed by atoms with van der Waals surface area (Å²) in [5, 5.41) is 7.07. The van der Waals surface area contributed by atoms with Crippen molar-refractivity contribution in [3.8, 4) is 22.6 Å². The number of nitrogens with zero attached hydrogens (tertiary/aromatic N) is 4. The maximum Gasteiger partial charge on any atom is 0.195 e. The van der Waals surface area contributed by atoms with Crippen LogP contribution in [0.25, 0.3) is 28.3 Å². The largest absolute Gasteiger partial charge is 0.303 e. The van der Waals surface area contributed by atoms with Crippen LogP contribution in [-0.4, -0.2) is 24.1 Å². The molecule has 3 aromatic heterocycles. The number of hydrogen-bond donors (Lipinski definition) is 1. The topological polar surface area (TPSA) is 50.9 Å². The van der Waals surface area contributed by atoms with E-state index in [1.54, 1.807) is 0 Å². The standard InChI is InChI=1S/C16H13N5S/c1-20-15(18-19-16(20)22)12-7-8-21-13(10-17-14(21)9-12)11-5-3-2-4-6-11/h2-10H,1H3,(H,19,22). The summed E-state index contributed by atoms with van der Waals surface area (Å²) in [5.74, 6) is 0.803. The maximum atomic E-state index is 5.16. The van der Waals surface area contributed by atoms with Crippen molar-refractivity contribution in [1.82, 2.24) is 24.1 Å². The molecule has 0 aliphatic heterocycles. The molecule has 6 heteroatoms. The third kappa shape index (κ3) is 1.96. The Morgan fingerprint density at radius 1 is 1.09 bits per heavy atom. The summed E-state index contributed by atoms with van der Waals surface area (Å²) in [4.78, 5) is 4.51. The van der Waals surface area contributed by atoms with Crippen molar-refractivity contribution in [1.29, 1.82) is 0 Å². The van der Waals surface area contributed by atoms with Gasteiger partial charge < -0.3 is 4.57 Å². The zero-order chi connectivity index (χ0) is 15.1. The summed E-state index contributed by atoms with van der Waals surface area (Å²) in [5.41, 5.74) is 4.07. The van der Waals surface area contributed by atoms with Crippen LogP contribution in [0.3, 0.4) is 0 Å². The van der Waals surface area contributed by atoms with Gasteiger partial charge in [-0.15, -0.1) is 0 Å². The molecule has 0 unspecified atom stereocenters. The van der Waals surface area contributed by atoms with Crippen LogP contribution in [-0.2, 0) is 7.05 Å². The number of rotatable bonds is 2. The first-order valence-corrected chi connectivity index (χ1v) is 7.29. The van der Waals surface area contributed by atoms with Crippen molar-refractivity contribution >= 4 is 17.9 Å². The first-order chi connectivity index (χ1) is 10.7. The molecular formula is C16H13N5S. The normalized spacial score (nSPS) is 11.1. The molecule has 0 bridgehead atoms. The number of H-pyrrole nitrogens is 1. The first-order valence-electron chi connectivity index (χ1n) is 6.88. The van der Waals surface area contributed by atoms with Crippen LogP contribution < -0.4 is 0 Å². The van der Waals surface area contributed by atoms with E-state index < -0.39 is 0 Å². The van der Waals surface area contributed by atoms with Crippen molar-refractivity contribution in [3.05, 3.63) is 59.6 Å². The highest BCUT2D eigenvalue weighted by atomic mass is 32.1. The number of pyridine rings is 1. The lowest BCUT2D eigenvalue weighted by Crippen LogP contribution is -1.94. The molecule has 1 N–H and O–H groups in total. The Balaban J connectivity index is 1.87. The van der Waals surface area contributed by atoms with Gasteiger partial charge in [-0.1, -0.05) is 30.3 Å². The Morgan fingerprint density at radius 3 is 2.64 bits per heavy atom. The molecule has 0 aliphatic rings. The number of aromatic amines is 1. The second-order valence-electron chi connectivity index (χ2n) is 5.06. The minimum Gasteiger partial charge on any atom is -0.303 e. The van der Waals surface area contributed by atoms with Crippen LogP contribution in [0.15, 0.2) is 54.9 Å². The van der Waals surface area contributed by atoms with E-state index in [1.165, 1.54) is 0 Å². The molecule has 0 saturated heterocycles. The van der Waals surface area contributed by atoms with Gasteiger partial charge in [0.05, 0.1) is 11.9 Å². The molecule has 0 radical (unpaired) electrons. The molecule has 0 aliphatic carbocycles. The monoisotopic (exact) mass is 307 g/mol. The van der Waals surface area contributed by atoms with Gasteiger partial charge in [-0.2, -0.15) is 5.10 Å². The molecule has 0 fully saturated rings. The predicted octanol–water partition coefficient (Wildman–Crippen LogP) is 3.46. The first kappa shape index (κ1) is 13.0. The van der Waals surface area contributed by atoms with E-state index in [1.807, 2.05) is 54.3 Å². The quantitative estimate of drug-likeness (QED) is 0.577. The van der Waals surface area contributed by atoms with Gasteiger partial charge in [0.25, 0.3) is 0 Å². The molecule has 4 rings (SSSR count). The fraction of sp³-hybridized carbons (Fsp3) is 0.0625. The highest BCUT2D eigenvalue weighted by Crippen LogP contribution is 2.23. The number of benzene rings is 1. The third-order valence-electron chi connectivity index (χ3n) is 3.72. The van der Waals surface area contributed by atoms with E-state index in [4.69, 9.17) is 12.2 Å². The number of imidazole rings is 1. The van der Waals surface area contributed by atoms with E-state index in [0.29, 0.717) is 4.77 Å². The van der Waals surface area contributed by atoms with Gasteiger partial charge in [0.1, 0.15) is 5.65 Å². The van der Waals surface area contributed by atoms with E-state index in [9.17, 15) is 0 Å². The van der Waals surface area contributed by atoms with Crippen LogP contribution >= 0.6 is 12.2 Å². The van der Waals surface area contributed by atoms with Crippen molar-refractivity contribution in [2.75, 3.05) is 0 Å². The summed E-state index contributed by atoms with van der Waals surface area (Å²) in [6.07, 6.45) is 3.90. The lowest BCUT2D eigenvalue weighted by Gasteiger charge is -2.04. The smallest absolute Gasteiger partial charge is 0.195 e. The van der Waals surface area contributed by atoms with Gasteiger partial charge in [-0.05, 0) is 24.4 Å². The van der Waals surface area contributed by atoms with Crippen molar-refractivity contribution in [2.45, 2.75) is 0 Å². The minimum absolute atomic E-state index is 0.600. The van der Waals surface area contributed by atoms with Crippen LogP contribution in [0, 0.1) is 4.77 Å². The fourth-order valence-electron chi connectivity index (χ4n) is 2.55. The van der Waals surface area contributed by atoms with E-state index in [-0.39, 0.29) is 0 Å². The summed E-state index contributed by atoms with van der Waals surface area (Å²) in [7, 11) is 1.90. The molecule has 1 aromatic carbocycles. The Kier molecular flexibility index (Phi) is 2.90. The molecule has 22 heavy (non-hydrogen) atoms. The van der Waals surface area contributed by atoms with Crippen molar-refractivity contribution in [2.24, 2.45) is 7.05 Å². The number of hydrogen-bond acceptors (Lipinski definition) is 3. The van der Waals surface area contributed by atoms with E-state index in [0.717, 1.165) is 28.3 Å². The van der Waals surface area contributed by atoms with Gasteiger partial charge in [0.15, 0.2) is 10.6 Å². The highest BCUT2D eigenvalue weighted by molar-refractivity contribution is 7.71. The van der Waals surface area contributed by atoms with Crippen LogP contribution in [0.2, 0.25) is 0 Å². The Morgan fingerprint density at radius 2 is 1.91 bits per heavy atom. The van der Waals surface area contributed by atoms with Gasteiger partial charge in [-0.3, -0.25) is 9.50 Å². The van der Waals surface area contributed by atoms with E-state index >= 15 is 0 Å². The van der Waals surface area contributed by atoms with Crippen LogP contribution in [0.1, 0.15) is 0 Å². The van der Waals surface area contributed by atoms with Crippen LogP contribution in [0.4, 0.5) is 0 Å². The van der Waals surface area contributed by atoms with Gasteiger partial charge in [0, 0.05) is 24.4 Å².